The Bertz CT molecular complexity index is 390. The second-order valence-corrected chi connectivity index (χ2v) is 5.64. The lowest BCUT2D eigenvalue weighted by Gasteiger charge is -2.16. The standard InChI is InChI=1S/C17H28N2O/c1-3-18-11-10-15-6-4-5-7-16(15)14-20-13-12-19(2)17-8-9-17/h4-7,17-18H,3,8-14H2,1-2H3. The highest BCUT2D eigenvalue weighted by molar-refractivity contribution is 5.26. The lowest BCUT2D eigenvalue weighted by atomic mass is 10.1. The fraction of sp³-hybridized carbons (Fsp3) is 0.647. The number of rotatable bonds is 10. The Labute approximate surface area is 123 Å². The number of nitrogens with zero attached hydrogens (tertiary/aromatic N) is 1. The highest BCUT2D eigenvalue weighted by Crippen LogP contribution is 2.24. The molecule has 0 amide bonds. The molecule has 1 fully saturated rings. The fourth-order valence-electron chi connectivity index (χ4n) is 2.43. The van der Waals surface area contributed by atoms with E-state index in [0.29, 0.717) is 0 Å². The molecule has 0 saturated heterocycles. The summed E-state index contributed by atoms with van der Waals surface area (Å²) in [5, 5.41) is 3.38. The molecule has 0 radical (unpaired) electrons. The normalized spacial score (nSPS) is 14.9. The number of hydrogen-bond acceptors (Lipinski definition) is 3. The number of nitrogens with one attached hydrogen (secondary N) is 1. The van der Waals surface area contributed by atoms with Crippen molar-refractivity contribution >= 4 is 0 Å². The second-order valence-electron chi connectivity index (χ2n) is 5.64. The van der Waals surface area contributed by atoms with Gasteiger partial charge in [-0.05, 0) is 50.5 Å². The quantitative estimate of drug-likeness (QED) is 0.664. The molecule has 1 saturated carbocycles. The number of hydrogen-bond donors (Lipinski definition) is 1. The summed E-state index contributed by atoms with van der Waals surface area (Å²) < 4.78 is 5.85. The third-order valence-electron chi connectivity index (χ3n) is 3.96. The molecular formula is C17H28N2O. The first-order valence-electron chi connectivity index (χ1n) is 7.86. The number of ether oxygens (including phenoxy) is 1. The highest BCUT2D eigenvalue weighted by atomic mass is 16.5. The maximum Gasteiger partial charge on any atom is 0.0720 e. The minimum Gasteiger partial charge on any atom is -0.375 e. The Hall–Kier alpha value is -0.900. The van der Waals surface area contributed by atoms with E-state index in [1.807, 2.05) is 0 Å². The van der Waals surface area contributed by atoms with Gasteiger partial charge in [0.05, 0.1) is 13.2 Å². The van der Waals surface area contributed by atoms with Crippen molar-refractivity contribution in [2.75, 3.05) is 33.3 Å². The smallest absolute Gasteiger partial charge is 0.0720 e. The van der Waals surface area contributed by atoms with Crippen molar-refractivity contribution < 1.29 is 4.74 Å². The minimum atomic E-state index is 0.737. The predicted molar refractivity (Wildman–Crippen MR) is 84.0 cm³/mol. The van der Waals surface area contributed by atoms with Gasteiger partial charge in [-0.15, -0.1) is 0 Å². The first kappa shape index (κ1) is 15.5. The number of benzene rings is 1. The Morgan fingerprint density at radius 1 is 1.25 bits per heavy atom. The molecule has 1 aliphatic carbocycles. The van der Waals surface area contributed by atoms with E-state index in [0.717, 1.165) is 45.3 Å². The Morgan fingerprint density at radius 2 is 2.00 bits per heavy atom. The molecule has 20 heavy (non-hydrogen) atoms. The van der Waals surface area contributed by atoms with Gasteiger partial charge in [-0.25, -0.2) is 0 Å². The van der Waals surface area contributed by atoms with E-state index in [4.69, 9.17) is 4.74 Å². The third-order valence-corrected chi connectivity index (χ3v) is 3.96. The molecule has 0 atom stereocenters. The van der Waals surface area contributed by atoms with E-state index in [-0.39, 0.29) is 0 Å². The predicted octanol–water partition coefficient (Wildman–Crippen LogP) is 2.45. The van der Waals surface area contributed by atoms with Crippen molar-refractivity contribution in [1.82, 2.24) is 10.2 Å². The largest absolute Gasteiger partial charge is 0.375 e. The van der Waals surface area contributed by atoms with Crippen LogP contribution in [0.5, 0.6) is 0 Å². The van der Waals surface area contributed by atoms with Crippen LogP contribution < -0.4 is 5.32 Å². The molecule has 3 heteroatoms. The van der Waals surface area contributed by atoms with Gasteiger partial charge in [0.15, 0.2) is 0 Å². The zero-order valence-electron chi connectivity index (χ0n) is 12.9. The lowest BCUT2D eigenvalue weighted by molar-refractivity contribution is 0.0974. The Balaban J connectivity index is 1.70. The van der Waals surface area contributed by atoms with Crippen LogP contribution in [0.15, 0.2) is 24.3 Å². The van der Waals surface area contributed by atoms with Gasteiger partial charge in [0.1, 0.15) is 0 Å². The monoisotopic (exact) mass is 276 g/mol. The van der Waals surface area contributed by atoms with Crippen LogP contribution in [-0.2, 0) is 17.8 Å². The number of likely N-dealkylation sites (N-methyl/N-ethyl adjacent to an activating group) is 2. The Morgan fingerprint density at radius 3 is 2.70 bits per heavy atom. The first-order chi connectivity index (χ1) is 9.81. The summed E-state index contributed by atoms with van der Waals surface area (Å²) in [6.45, 7) is 6.83. The second kappa shape index (κ2) is 8.40. The zero-order valence-corrected chi connectivity index (χ0v) is 12.9. The molecule has 112 valence electrons. The van der Waals surface area contributed by atoms with Gasteiger partial charge in [-0.1, -0.05) is 31.2 Å². The van der Waals surface area contributed by atoms with E-state index < -0.39 is 0 Å². The van der Waals surface area contributed by atoms with Crippen molar-refractivity contribution in [2.24, 2.45) is 0 Å². The van der Waals surface area contributed by atoms with Crippen molar-refractivity contribution in [3.05, 3.63) is 35.4 Å². The molecule has 0 heterocycles. The van der Waals surface area contributed by atoms with Gasteiger partial charge in [-0.2, -0.15) is 0 Å². The SMILES string of the molecule is CCNCCc1ccccc1COCCN(C)C1CC1. The molecule has 1 aliphatic rings. The molecule has 0 unspecified atom stereocenters. The van der Waals surface area contributed by atoms with Crippen molar-refractivity contribution in [3.63, 3.8) is 0 Å². The molecule has 1 N–H and O–H groups in total. The molecule has 0 bridgehead atoms. The van der Waals surface area contributed by atoms with Gasteiger partial charge < -0.3 is 15.0 Å². The lowest BCUT2D eigenvalue weighted by Crippen LogP contribution is -2.25. The van der Waals surface area contributed by atoms with Crippen LogP contribution in [0.2, 0.25) is 0 Å². The summed E-state index contributed by atoms with van der Waals surface area (Å²) in [6, 6.07) is 9.45. The zero-order chi connectivity index (χ0) is 14.2. The fourth-order valence-corrected chi connectivity index (χ4v) is 2.43. The maximum absolute atomic E-state index is 5.85. The van der Waals surface area contributed by atoms with Gasteiger partial charge in [0, 0.05) is 12.6 Å². The van der Waals surface area contributed by atoms with Crippen LogP contribution >= 0.6 is 0 Å². The van der Waals surface area contributed by atoms with Gasteiger partial charge >= 0.3 is 0 Å². The highest BCUT2D eigenvalue weighted by Gasteiger charge is 2.25. The van der Waals surface area contributed by atoms with Gasteiger partial charge in [0.2, 0.25) is 0 Å². The van der Waals surface area contributed by atoms with E-state index in [2.05, 4.69) is 48.5 Å². The van der Waals surface area contributed by atoms with Gasteiger partial charge in [-0.3, -0.25) is 0 Å². The van der Waals surface area contributed by atoms with E-state index >= 15 is 0 Å². The maximum atomic E-state index is 5.85. The van der Waals surface area contributed by atoms with Gasteiger partial charge in [0.25, 0.3) is 0 Å². The van der Waals surface area contributed by atoms with E-state index in [9.17, 15) is 0 Å². The summed E-state index contributed by atoms with van der Waals surface area (Å²) in [5.74, 6) is 0. The molecule has 2 rings (SSSR count). The minimum absolute atomic E-state index is 0.737. The molecule has 0 aliphatic heterocycles. The molecule has 1 aromatic carbocycles. The van der Waals surface area contributed by atoms with E-state index in [1.165, 1.54) is 24.0 Å². The van der Waals surface area contributed by atoms with Crippen LogP contribution in [0.4, 0.5) is 0 Å². The average Bonchev–Trinajstić information content (AvgIpc) is 3.29. The molecule has 3 nitrogen and oxygen atoms in total. The topological polar surface area (TPSA) is 24.5 Å². The van der Waals surface area contributed by atoms with Crippen LogP contribution in [0.25, 0.3) is 0 Å². The van der Waals surface area contributed by atoms with Crippen molar-refractivity contribution in [3.8, 4) is 0 Å². The summed E-state index contributed by atoms with van der Waals surface area (Å²) in [6.07, 6.45) is 3.81. The van der Waals surface area contributed by atoms with E-state index in [1.54, 1.807) is 0 Å². The van der Waals surface area contributed by atoms with Crippen LogP contribution in [0.1, 0.15) is 30.9 Å². The first-order valence-corrected chi connectivity index (χ1v) is 7.86. The summed E-state index contributed by atoms with van der Waals surface area (Å²) in [7, 11) is 2.20. The van der Waals surface area contributed by atoms with Crippen LogP contribution in [-0.4, -0.2) is 44.2 Å². The molecular weight excluding hydrogens is 248 g/mol. The van der Waals surface area contributed by atoms with Crippen LogP contribution in [0, 0.1) is 0 Å². The third kappa shape index (κ3) is 5.23. The summed E-state index contributed by atoms with van der Waals surface area (Å²) >= 11 is 0. The van der Waals surface area contributed by atoms with Crippen LogP contribution in [0.3, 0.4) is 0 Å². The van der Waals surface area contributed by atoms with Crippen molar-refractivity contribution in [2.45, 2.75) is 38.8 Å². The summed E-state index contributed by atoms with van der Waals surface area (Å²) in [5.41, 5.74) is 2.74. The molecule has 0 spiro atoms. The molecule has 1 aromatic rings. The summed E-state index contributed by atoms with van der Waals surface area (Å²) in [4.78, 5) is 2.41. The average molecular weight is 276 g/mol. The van der Waals surface area contributed by atoms with Crippen molar-refractivity contribution in [1.29, 1.82) is 0 Å². The molecule has 0 aromatic heterocycles. The Kier molecular flexibility index (Phi) is 6.51.